The van der Waals surface area contributed by atoms with E-state index in [1.807, 2.05) is 6.07 Å². The van der Waals surface area contributed by atoms with E-state index in [-0.39, 0.29) is 13.0 Å². The van der Waals surface area contributed by atoms with Crippen molar-refractivity contribution in [2.24, 2.45) is 0 Å². The van der Waals surface area contributed by atoms with Crippen molar-refractivity contribution >= 4 is 27.8 Å². The summed E-state index contributed by atoms with van der Waals surface area (Å²) in [6.07, 6.45) is 1.08. The SMILES string of the molecule is COC(=O)c1ccc(CC(C)S(=O)(=O)Nc2cccc3c2CN(C(=O)OC(C)(C)C)C3)nc1. The van der Waals surface area contributed by atoms with Crippen LogP contribution in [0.5, 0.6) is 0 Å². The molecule has 1 unspecified atom stereocenters. The second-order valence-electron chi connectivity index (χ2n) is 8.97. The van der Waals surface area contributed by atoms with Crippen LogP contribution in [0, 0.1) is 0 Å². The molecule has 0 bridgehead atoms. The molecule has 33 heavy (non-hydrogen) atoms. The zero-order valence-corrected chi connectivity index (χ0v) is 20.2. The molecule has 1 amide bonds. The Balaban J connectivity index is 1.71. The standard InChI is InChI=1S/C23H29N3O6S/c1-15(11-18-10-9-16(12-24-18)21(27)31-5)33(29,30)25-20-8-6-7-17-13-26(14-19(17)20)22(28)32-23(2,3)4/h6-10,12,15,25H,11,13-14H2,1-5H3. The van der Waals surface area contributed by atoms with E-state index in [4.69, 9.17) is 4.74 Å². The number of pyridine rings is 1. The van der Waals surface area contributed by atoms with Gasteiger partial charge in [-0.1, -0.05) is 12.1 Å². The predicted octanol–water partition coefficient (Wildman–Crippen LogP) is 3.49. The first kappa shape index (κ1) is 24.5. The molecule has 178 valence electrons. The van der Waals surface area contributed by atoms with Gasteiger partial charge in [0.25, 0.3) is 0 Å². The van der Waals surface area contributed by atoms with Crippen LogP contribution in [-0.4, -0.2) is 48.3 Å². The number of aromatic nitrogens is 1. The lowest BCUT2D eigenvalue weighted by Crippen LogP contribution is -2.33. The van der Waals surface area contributed by atoms with Crippen LogP contribution in [0.15, 0.2) is 36.5 Å². The number of methoxy groups -OCH3 is 1. The molecule has 0 radical (unpaired) electrons. The first-order chi connectivity index (χ1) is 15.4. The van der Waals surface area contributed by atoms with Crippen LogP contribution in [0.4, 0.5) is 10.5 Å². The maximum atomic E-state index is 13.0. The average Bonchev–Trinajstić information content (AvgIpc) is 3.18. The number of nitrogens with one attached hydrogen (secondary N) is 1. The van der Waals surface area contributed by atoms with Crippen LogP contribution in [-0.2, 0) is 39.0 Å². The highest BCUT2D eigenvalue weighted by Gasteiger charge is 2.31. The van der Waals surface area contributed by atoms with E-state index in [0.29, 0.717) is 23.5 Å². The minimum absolute atomic E-state index is 0.163. The number of fused-ring (bicyclic) bond motifs is 1. The summed E-state index contributed by atoms with van der Waals surface area (Å²) in [5.74, 6) is -0.505. The molecule has 2 aromatic rings. The Morgan fingerprint density at radius 1 is 1.18 bits per heavy atom. The number of ether oxygens (including phenoxy) is 2. The van der Waals surface area contributed by atoms with Crippen molar-refractivity contribution in [1.29, 1.82) is 0 Å². The molecule has 1 N–H and O–H groups in total. The number of rotatable bonds is 6. The molecule has 3 rings (SSSR count). The molecule has 0 saturated carbocycles. The summed E-state index contributed by atoms with van der Waals surface area (Å²) in [7, 11) is -2.47. The monoisotopic (exact) mass is 475 g/mol. The van der Waals surface area contributed by atoms with Crippen molar-refractivity contribution in [3.8, 4) is 0 Å². The highest BCUT2D eigenvalue weighted by molar-refractivity contribution is 7.93. The predicted molar refractivity (Wildman–Crippen MR) is 123 cm³/mol. The molecular weight excluding hydrogens is 446 g/mol. The number of sulfonamides is 1. The van der Waals surface area contributed by atoms with Crippen LogP contribution < -0.4 is 4.72 Å². The van der Waals surface area contributed by atoms with Crippen LogP contribution >= 0.6 is 0 Å². The van der Waals surface area contributed by atoms with Crippen molar-refractivity contribution in [1.82, 2.24) is 9.88 Å². The van der Waals surface area contributed by atoms with Gasteiger partial charge in [-0.15, -0.1) is 0 Å². The number of carbonyl (C=O) groups excluding carboxylic acids is 2. The van der Waals surface area contributed by atoms with E-state index in [2.05, 4.69) is 14.4 Å². The van der Waals surface area contributed by atoms with E-state index < -0.39 is 32.9 Å². The minimum atomic E-state index is -3.75. The lowest BCUT2D eigenvalue weighted by Gasteiger charge is -2.24. The summed E-state index contributed by atoms with van der Waals surface area (Å²) >= 11 is 0. The Labute approximate surface area is 194 Å². The smallest absolute Gasteiger partial charge is 0.410 e. The van der Waals surface area contributed by atoms with E-state index >= 15 is 0 Å². The van der Waals surface area contributed by atoms with Gasteiger partial charge in [-0.2, -0.15) is 0 Å². The second kappa shape index (κ2) is 9.38. The number of benzene rings is 1. The van der Waals surface area contributed by atoms with Crippen LogP contribution in [0.2, 0.25) is 0 Å². The van der Waals surface area contributed by atoms with E-state index in [1.165, 1.54) is 13.3 Å². The number of hydrogen-bond donors (Lipinski definition) is 1. The van der Waals surface area contributed by atoms with E-state index in [0.717, 1.165) is 11.1 Å². The molecule has 1 atom stereocenters. The zero-order chi connectivity index (χ0) is 24.4. The van der Waals surface area contributed by atoms with Crippen molar-refractivity contribution in [2.75, 3.05) is 11.8 Å². The molecule has 0 aliphatic carbocycles. The molecule has 0 spiro atoms. The maximum Gasteiger partial charge on any atom is 0.410 e. The second-order valence-corrected chi connectivity index (χ2v) is 11.1. The first-order valence-electron chi connectivity index (χ1n) is 10.5. The molecular formula is C23H29N3O6S. The van der Waals surface area contributed by atoms with E-state index in [9.17, 15) is 18.0 Å². The number of nitrogens with zero attached hydrogens (tertiary/aromatic N) is 2. The van der Waals surface area contributed by atoms with Gasteiger partial charge in [0.1, 0.15) is 5.60 Å². The van der Waals surface area contributed by atoms with Gasteiger partial charge in [0.05, 0.1) is 30.2 Å². The Bertz CT molecular complexity index is 1140. The van der Waals surface area contributed by atoms with Crippen LogP contribution in [0.1, 0.15) is 54.9 Å². The maximum absolute atomic E-state index is 13.0. The number of hydrogen-bond acceptors (Lipinski definition) is 7. The summed E-state index contributed by atoms with van der Waals surface area (Å²) in [5, 5.41) is -0.784. The Morgan fingerprint density at radius 2 is 1.91 bits per heavy atom. The Kier molecular flexibility index (Phi) is 6.97. The fourth-order valence-electron chi connectivity index (χ4n) is 3.42. The molecule has 0 fully saturated rings. The van der Waals surface area contributed by atoms with Gasteiger partial charge in [0.15, 0.2) is 0 Å². The summed E-state index contributed by atoms with van der Waals surface area (Å²) in [4.78, 5) is 29.7. The number of carbonyl (C=O) groups is 2. The lowest BCUT2D eigenvalue weighted by molar-refractivity contribution is 0.0242. The number of anilines is 1. The quantitative estimate of drug-likeness (QED) is 0.636. The molecule has 0 saturated heterocycles. The van der Waals surface area contributed by atoms with Crippen molar-refractivity contribution in [2.45, 2.75) is 58.1 Å². The molecule has 1 aliphatic heterocycles. The van der Waals surface area contributed by atoms with Crippen molar-refractivity contribution in [3.05, 3.63) is 58.9 Å². The van der Waals surface area contributed by atoms with E-state index in [1.54, 1.807) is 56.9 Å². The Hall–Kier alpha value is -3.14. The van der Waals surface area contributed by atoms with Gasteiger partial charge in [0, 0.05) is 30.4 Å². The zero-order valence-electron chi connectivity index (χ0n) is 19.4. The first-order valence-corrected chi connectivity index (χ1v) is 12.1. The third-order valence-electron chi connectivity index (χ3n) is 5.16. The lowest BCUT2D eigenvalue weighted by atomic mass is 10.1. The number of amides is 1. The highest BCUT2D eigenvalue weighted by atomic mass is 32.2. The summed E-state index contributed by atoms with van der Waals surface area (Å²) in [6.45, 7) is 7.60. The van der Waals surface area contributed by atoms with Crippen molar-refractivity contribution < 1.29 is 27.5 Å². The molecule has 1 aromatic carbocycles. The fourth-order valence-corrected chi connectivity index (χ4v) is 4.50. The third-order valence-corrected chi connectivity index (χ3v) is 6.89. The number of esters is 1. The fraction of sp³-hybridized carbons (Fsp3) is 0.435. The average molecular weight is 476 g/mol. The molecule has 2 heterocycles. The van der Waals surface area contributed by atoms with Gasteiger partial charge >= 0.3 is 12.1 Å². The van der Waals surface area contributed by atoms with Crippen LogP contribution in [0.3, 0.4) is 0 Å². The molecule has 1 aliphatic rings. The van der Waals surface area contributed by atoms with Crippen molar-refractivity contribution in [3.63, 3.8) is 0 Å². The summed E-state index contributed by atoms with van der Waals surface area (Å²) in [5.41, 5.74) is 2.28. The minimum Gasteiger partial charge on any atom is -0.465 e. The van der Waals surface area contributed by atoms with Gasteiger partial charge in [-0.25, -0.2) is 18.0 Å². The summed E-state index contributed by atoms with van der Waals surface area (Å²) < 4.78 is 38.8. The Morgan fingerprint density at radius 3 is 2.52 bits per heavy atom. The topological polar surface area (TPSA) is 115 Å². The van der Waals surface area contributed by atoms with Gasteiger partial charge < -0.3 is 9.47 Å². The third kappa shape index (κ3) is 6.01. The van der Waals surface area contributed by atoms with Gasteiger partial charge in [-0.05, 0) is 51.5 Å². The molecule has 1 aromatic heterocycles. The van der Waals surface area contributed by atoms with Crippen LogP contribution in [0.25, 0.3) is 0 Å². The van der Waals surface area contributed by atoms with Gasteiger partial charge in [0.2, 0.25) is 10.0 Å². The van der Waals surface area contributed by atoms with Gasteiger partial charge in [-0.3, -0.25) is 14.6 Å². The summed E-state index contributed by atoms with van der Waals surface area (Å²) in [6, 6.07) is 8.47. The largest absolute Gasteiger partial charge is 0.465 e. The normalized spacial score (nSPS) is 14.4. The molecule has 9 nitrogen and oxygen atoms in total. The molecule has 10 heteroatoms. The highest BCUT2D eigenvalue weighted by Crippen LogP contribution is 2.31.